The Labute approximate surface area is 105 Å². The molecule has 76 valence electrons. The average Bonchev–Trinajstić information content (AvgIpc) is 2.16. The van der Waals surface area contributed by atoms with Gasteiger partial charge in [0.2, 0.25) is 0 Å². The number of alkyl halides is 2. The topological polar surface area (TPSA) is 17.1 Å². The zero-order chi connectivity index (χ0) is 10.7. The molecular weight excluding hydrogens is 331 g/mol. The van der Waals surface area contributed by atoms with E-state index in [9.17, 15) is 4.79 Å². The maximum absolute atomic E-state index is 11.6. The summed E-state index contributed by atoms with van der Waals surface area (Å²) in [4.78, 5) is 11.4. The Hall–Kier alpha value is 0.140. The molecule has 1 aromatic carbocycles. The van der Waals surface area contributed by atoms with Gasteiger partial charge in [-0.25, -0.2) is 0 Å². The smallest absolute Gasteiger partial charge is 0.176 e. The summed E-state index contributed by atoms with van der Waals surface area (Å²) in [7, 11) is 0. The Morgan fingerprint density at radius 3 is 2.64 bits per heavy atom. The molecule has 4 heteroatoms. The van der Waals surface area contributed by atoms with Gasteiger partial charge in [0, 0.05) is 15.9 Å². The van der Waals surface area contributed by atoms with E-state index < -0.39 is 0 Å². The number of Topliss-reactive ketones (excluding diaryl/α,β-unsaturated/α-hetero) is 1. The highest BCUT2D eigenvalue weighted by molar-refractivity contribution is 9.10. The molecule has 0 radical (unpaired) electrons. The average molecular weight is 340 g/mol. The first-order valence-electron chi connectivity index (χ1n) is 4.09. The normalized spacial score (nSPS) is 12.6. The second-order valence-corrected chi connectivity index (χ2v) is 5.42. The van der Waals surface area contributed by atoms with E-state index >= 15 is 0 Å². The number of ketones is 1. The van der Waals surface area contributed by atoms with Gasteiger partial charge < -0.3 is 0 Å². The number of hydrogen-bond donors (Lipinski definition) is 0. The van der Waals surface area contributed by atoms with Crippen LogP contribution in [-0.4, -0.2) is 10.6 Å². The summed E-state index contributed by atoms with van der Waals surface area (Å²) in [6, 6.07) is 5.46. The maximum Gasteiger partial charge on any atom is 0.176 e. The third-order valence-corrected chi connectivity index (χ3v) is 3.28. The van der Waals surface area contributed by atoms with E-state index in [1.54, 1.807) is 12.1 Å². The van der Waals surface area contributed by atoms with E-state index in [2.05, 4.69) is 31.9 Å². The summed E-state index contributed by atoms with van der Waals surface area (Å²) in [5.41, 5.74) is 1.68. The number of benzene rings is 1. The molecule has 0 saturated heterocycles. The molecule has 14 heavy (non-hydrogen) atoms. The van der Waals surface area contributed by atoms with E-state index in [-0.39, 0.29) is 10.6 Å². The molecule has 0 amide bonds. The molecule has 0 aliphatic carbocycles. The van der Waals surface area contributed by atoms with Gasteiger partial charge in [0.05, 0.1) is 4.83 Å². The standard InChI is InChI=1S/C10H9Br2ClO/c1-6(11)10(14)7-2-3-8(5-13)9(12)4-7/h2-4,6H,5H2,1H3. The fourth-order valence-corrected chi connectivity index (χ4v) is 2.22. The molecule has 0 N–H and O–H groups in total. The molecule has 1 rings (SSSR count). The number of halogens is 3. The second kappa shape index (κ2) is 5.29. The van der Waals surface area contributed by atoms with Gasteiger partial charge in [0.1, 0.15) is 0 Å². The predicted molar refractivity (Wildman–Crippen MR) is 66.4 cm³/mol. The molecule has 0 saturated carbocycles. The molecule has 0 fully saturated rings. The zero-order valence-corrected chi connectivity index (χ0v) is 11.5. The second-order valence-electron chi connectivity index (χ2n) is 2.92. The SMILES string of the molecule is CC(Br)C(=O)c1ccc(CCl)c(Br)c1. The van der Waals surface area contributed by atoms with Gasteiger partial charge in [0.15, 0.2) is 5.78 Å². The van der Waals surface area contributed by atoms with Crippen LogP contribution in [0.3, 0.4) is 0 Å². The van der Waals surface area contributed by atoms with Crippen LogP contribution >= 0.6 is 43.5 Å². The molecule has 0 aromatic heterocycles. The number of carbonyl (C=O) groups is 1. The van der Waals surface area contributed by atoms with Crippen LogP contribution in [0, 0.1) is 0 Å². The number of hydrogen-bond acceptors (Lipinski definition) is 1. The highest BCUT2D eigenvalue weighted by Gasteiger charge is 2.12. The monoisotopic (exact) mass is 338 g/mol. The molecule has 1 unspecified atom stereocenters. The van der Waals surface area contributed by atoms with Crippen LogP contribution in [0.4, 0.5) is 0 Å². The van der Waals surface area contributed by atoms with Crippen molar-refractivity contribution in [2.45, 2.75) is 17.6 Å². The maximum atomic E-state index is 11.6. The van der Waals surface area contributed by atoms with Gasteiger partial charge in [-0.3, -0.25) is 4.79 Å². The lowest BCUT2D eigenvalue weighted by molar-refractivity contribution is 0.0996. The van der Waals surface area contributed by atoms with E-state index in [1.807, 2.05) is 13.0 Å². The first-order chi connectivity index (χ1) is 6.56. The van der Waals surface area contributed by atoms with Crippen LogP contribution in [-0.2, 0) is 5.88 Å². The summed E-state index contributed by atoms with van der Waals surface area (Å²) in [5.74, 6) is 0.519. The Balaban J connectivity index is 3.03. The lowest BCUT2D eigenvalue weighted by Gasteiger charge is -2.05. The third-order valence-electron chi connectivity index (χ3n) is 1.84. The summed E-state index contributed by atoms with van der Waals surface area (Å²) in [5, 5.41) is 0. The summed E-state index contributed by atoms with van der Waals surface area (Å²) >= 11 is 12.3. The van der Waals surface area contributed by atoms with E-state index in [4.69, 9.17) is 11.6 Å². The van der Waals surface area contributed by atoms with Crippen molar-refractivity contribution in [2.24, 2.45) is 0 Å². The predicted octanol–water partition coefficient (Wildman–Crippen LogP) is 4.15. The molecule has 0 bridgehead atoms. The number of rotatable bonds is 3. The highest BCUT2D eigenvalue weighted by Crippen LogP contribution is 2.21. The van der Waals surface area contributed by atoms with Gasteiger partial charge >= 0.3 is 0 Å². The molecule has 1 atom stereocenters. The van der Waals surface area contributed by atoms with Gasteiger partial charge in [-0.1, -0.05) is 44.0 Å². The van der Waals surface area contributed by atoms with Crippen molar-refractivity contribution in [1.29, 1.82) is 0 Å². The Morgan fingerprint density at radius 2 is 2.21 bits per heavy atom. The minimum Gasteiger partial charge on any atom is -0.293 e. The van der Waals surface area contributed by atoms with Crippen LogP contribution in [0.1, 0.15) is 22.8 Å². The van der Waals surface area contributed by atoms with Crippen LogP contribution < -0.4 is 0 Å². The molecular formula is C10H9Br2ClO. The lowest BCUT2D eigenvalue weighted by atomic mass is 10.1. The van der Waals surface area contributed by atoms with Crippen molar-refractivity contribution >= 4 is 49.2 Å². The Morgan fingerprint density at radius 1 is 1.57 bits per heavy atom. The minimum atomic E-state index is -0.156. The van der Waals surface area contributed by atoms with E-state index in [0.29, 0.717) is 11.4 Å². The van der Waals surface area contributed by atoms with Crippen molar-refractivity contribution < 1.29 is 4.79 Å². The Bertz CT molecular complexity index is 350. The van der Waals surface area contributed by atoms with Crippen LogP contribution in [0.15, 0.2) is 22.7 Å². The zero-order valence-electron chi connectivity index (χ0n) is 7.56. The van der Waals surface area contributed by atoms with Crippen molar-refractivity contribution in [3.63, 3.8) is 0 Å². The fourth-order valence-electron chi connectivity index (χ4n) is 1.04. The molecule has 1 nitrogen and oxygen atoms in total. The van der Waals surface area contributed by atoms with Crippen molar-refractivity contribution in [2.75, 3.05) is 0 Å². The van der Waals surface area contributed by atoms with E-state index in [0.717, 1.165) is 10.0 Å². The van der Waals surface area contributed by atoms with Crippen LogP contribution in [0.2, 0.25) is 0 Å². The van der Waals surface area contributed by atoms with Gasteiger partial charge in [0.25, 0.3) is 0 Å². The first-order valence-corrected chi connectivity index (χ1v) is 6.33. The first kappa shape index (κ1) is 12.2. The number of carbonyl (C=O) groups excluding carboxylic acids is 1. The van der Waals surface area contributed by atoms with E-state index in [1.165, 1.54) is 0 Å². The van der Waals surface area contributed by atoms with Crippen molar-refractivity contribution in [3.05, 3.63) is 33.8 Å². The quantitative estimate of drug-likeness (QED) is 0.597. The molecule has 0 heterocycles. The molecule has 0 spiro atoms. The van der Waals surface area contributed by atoms with Crippen molar-refractivity contribution in [1.82, 2.24) is 0 Å². The molecule has 0 aliphatic heterocycles. The fraction of sp³-hybridized carbons (Fsp3) is 0.300. The van der Waals surface area contributed by atoms with Crippen molar-refractivity contribution in [3.8, 4) is 0 Å². The Kier molecular flexibility index (Phi) is 4.61. The van der Waals surface area contributed by atoms with Crippen LogP contribution in [0.5, 0.6) is 0 Å². The van der Waals surface area contributed by atoms with Gasteiger partial charge in [-0.2, -0.15) is 0 Å². The third kappa shape index (κ3) is 2.81. The minimum absolute atomic E-state index is 0.0758. The molecule has 1 aromatic rings. The largest absolute Gasteiger partial charge is 0.293 e. The lowest BCUT2D eigenvalue weighted by Crippen LogP contribution is -2.09. The summed E-state index contributed by atoms with van der Waals surface area (Å²) < 4.78 is 0.881. The highest BCUT2D eigenvalue weighted by atomic mass is 79.9. The summed E-state index contributed by atoms with van der Waals surface area (Å²) in [6.45, 7) is 1.81. The van der Waals surface area contributed by atoms with Gasteiger partial charge in [-0.15, -0.1) is 11.6 Å². The molecule has 0 aliphatic rings. The van der Waals surface area contributed by atoms with Gasteiger partial charge in [-0.05, 0) is 18.6 Å². The van der Waals surface area contributed by atoms with Crippen LogP contribution in [0.25, 0.3) is 0 Å². The summed E-state index contributed by atoms with van der Waals surface area (Å²) in [6.07, 6.45) is 0.